The van der Waals surface area contributed by atoms with Crippen LogP contribution in [0.3, 0.4) is 0 Å². The van der Waals surface area contributed by atoms with Crippen LogP contribution in [0.1, 0.15) is 62.1 Å². The Kier molecular flexibility index (Phi) is 18.2. The number of rotatable bonds is 18. The summed E-state index contributed by atoms with van der Waals surface area (Å²) in [7, 11) is -7.87. The number of hydrogen-bond donors (Lipinski definition) is 3. The second kappa shape index (κ2) is 26.0. The quantitative estimate of drug-likeness (QED) is 0.0539. The summed E-state index contributed by atoms with van der Waals surface area (Å²) in [6, 6.07) is 56.3. The predicted octanol–water partition coefficient (Wildman–Crippen LogP) is 12.4. The molecule has 5 unspecified atom stereocenters. The Morgan fingerprint density at radius 1 is 0.500 bits per heavy atom. The summed E-state index contributed by atoms with van der Waals surface area (Å²) < 4.78 is 63.5. The van der Waals surface area contributed by atoms with Gasteiger partial charge in [-0.15, -0.1) is 0 Å². The first-order valence-corrected chi connectivity index (χ1v) is 29.7. The molecule has 4 N–H and O–H groups in total. The van der Waals surface area contributed by atoms with Crippen molar-refractivity contribution in [1.82, 2.24) is 20.4 Å². The van der Waals surface area contributed by atoms with Gasteiger partial charge in [-0.1, -0.05) is 133 Å². The van der Waals surface area contributed by atoms with Crippen LogP contribution in [0.2, 0.25) is 0 Å². The van der Waals surface area contributed by atoms with Gasteiger partial charge in [0.15, 0.2) is 11.6 Å². The minimum atomic E-state index is -3.98. The lowest BCUT2D eigenvalue weighted by atomic mass is 9.98. The van der Waals surface area contributed by atoms with Crippen molar-refractivity contribution in [3.8, 4) is 34.1 Å². The SMILES string of the molecule is CC(NC(=O)OCC1c2ccccc2-c2ccccc21)C(=O)N1CCCC1P(=O)(Oc1ccccc1)Oc1ccc(N)cc1.CC(NC(=O)OCc1ccccc1)C(=O)N1CCCC1P(=O)(Oc1ccccc1)Oc1ccccc1. The molecule has 1 aliphatic carbocycles. The molecule has 3 aliphatic rings. The molecule has 414 valence electrons. The number of nitrogen functional groups attached to an aromatic ring is 1. The van der Waals surface area contributed by atoms with E-state index in [9.17, 15) is 28.3 Å². The highest BCUT2D eigenvalue weighted by Crippen LogP contribution is 2.58. The Balaban J connectivity index is 0.000000198. The number of carbonyl (C=O) groups excluding carboxylic acids is 4. The molecular formula is C61H63N5O12P2. The second-order valence-electron chi connectivity index (χ2n) is 19.4. The van der Waals surface area contributed by atoms with Gasteiger partial charge in [-0.3, -0.25) is 9.59 Å². The van der Waals surface area contributed by atoms with Crippen molar-refractivity contribution >= 4 is 44.9 Å². The lowest BCUT2D eigenvalue weighted by Crippen LogP contribution is -2.49. The molecule has 0 radical (unpaired) electrons. The molecule has 7 aromatic carbocycles. The highest BCUT2D eigenvalue weighted by atomic mass is 31.2. The number of amides is 4. The maximum absolute atomic E-state index is 14.5. The number of benzene rings is 7. The third-order valence-electron chi connectivity index (χ3n) is 13.7. The fourth-order valence-electron chi connectivity index (χ4n) is 9.89. The normalized spacial score (nSPS) is 16.9. The summed E-state index contributed by atoms with van der Waals surface area (Å²) in [6.45, 7) is 4.08. The average molecular weight is 1120 g/mol. The third-order valence-corrected chi connectivity index (χ3v) is 18.1. The predicted molar refractivity (Wildman–Crippen MR) is 304 cm³/mol. The highest BCUT2D eigenvalue weighted by molar-refractivity contribution is 7.55. The summed E-state index contributed by atoms with van der Waals surface area (Å²) in [4.78, 5) is 55.2. The molecule has 80 heavy (non-hydrogen) atoms. The Labute approximate surface area is 465 Å². The first-order valence-electron chi connectivity index (χ1n) is 26.4. The van der Waals surface area contributed by atoms with Gasteiger partial charge in [0.25, 0.3) is 0 Å². The van der Waals surface area contributed by atoms with Crippen molar-refractivity contribution in [2.75, 3.05) is 25.4 Å². The summed E-state index contributed by atoms with van der Waals surface area (Å²) >= 11 is 0. The molecule has 0 bridgehead atoms. The summed E-state index contributed by atoms with van der Waals surface area (Å²) in [6.07, 6.45) is 0.657. The monoisotopic (exact) mass is 1120 g/mol. The van der Waals surface area contributed by atoms with Crippen LogP contribution >= 0.6 is 15.2 Å². The van der Waals surface area contributed by atoms with E-state index in [0.29, 0.717) is 67.5 Å². The number of carbonyl (C=O) groups is 4. The van der Waals surface area contributed by atoms with Crippen molar-refractivity contribution < 1.29 is 55.9 Å². The number of nitrogens with two attached hydrogens (primary N) is 1. The van der Waals surface area contributed by atoms with Crippen molar-refractivity contribution in [3.05, 3.63) is 211 Å². The third kappa shape index (κ3) is 13.8. The van der Waals surface area contributed by atoms with E-state index >= 15 is 0 Å². The molecule has 0 saturated carbocycles. The van der Waals surface area contributed by atoms with E-state index in [1.807, 2.05) is 84.9 Å². The van der Waals surface area contributed by atoms with Gasteiger partial charge < -0.3 is 53.7 Å². The van der Waals surface area contributed by atoms with Crippen LogP contribution in [0.5, 0.6) is 23.0 Å². The van der Waals surface area contributed by atoms with Gasteiger partial charge in [0.2, 0.25) is 11.8 Å². The van der Waals surface area contributed by atoms with Crippen LogP contribution in [-0.2, 0) is 34.8 Å². The molecule has 2 saturated heterocycles. The van der Waals surface area contributed by atoms with Gasteiger partial charge >= 0.3 is 27.4 Å². The van der Waals surface area contributed by atoms with E-state index in [1.54, 1.807) is 111 Å². The summed E-state index contributed by atoms with van der Waals surface area (Å²) in [5, 5.41) is 5.24. The minimum absolute atomic E-state index is 0.0883. The van der Waals surface area contributed by atoms with Gasteiger partial charge in [-0.25, -0.2) is 18.7 Å². The van der Waals surface area contributed by atoms with Crippen molar-refractivity contribution in [1.29, 1.82) is 0 Å². The molecule has 2 aliphatic heterocycles. The molecule has 0 aromatic heterocycles. The topological polar surface area (TPSA) is 214 Å². The Hall–Kier alpha value is -8.52. The standard InChI is InChI=1S/C34H34N3O6P.C27H29N2O6P/c1-23(36-34(39)41-22-31-29-14-7-5-12-27(29)28-13-6-8-15-30(28)31)33(38)37-21-9-16-32(37)44(40,42-25-10-3-2-4-11-25)43-26-19-17-24(35)18-20-26;1-21(28-27(31)33-20-22-12-5-2-6-13-22)26(30)29-19-11-18-25(29)36(32,34-23-14-7-3-8-15-23)35-24-16-9-4-10-17-24/h2-8,10-15,17-20,23,31-32H,9,16,21-22,35H2,1H3,(H,36,39);2-10,12-17,21,25H,11,18-20H2,1H3,(H,28,31). The minimum Gasteiger partial charge on any atom is -0.449 e. The molecule has 2 heterocycles. The average Bonchev–Trinajstić information content (AvgIpc) is 4.28. The lowest BCUT2D eigenvalue weighted by molar-refractivity contribution is -0.133. The van der Waals surface area contributed by atoms with Crippen molar-refractivity contribution in [2.45, 2.75) is 75.7 Å². The Morgan fingerprint density at radius 2 is 0.863 bits per heavy atom. The number of ether oxygens (including phenoxy) is 2. The Bertz CT molecular complexity index is 3240. The zero-order valence-corrected chi connectivity index (χ0v) is 46.1. The van der Waals surface area contributed by atoms with Gasteiger partial charge in [0.1, 0.15) is 48.3 Å². The van der Waals surface area contributed by atoms with E-state index in [2.05, 4.69) is 22.8 Å². The molecule has 0 spiro atoms. The van der Waals surface area contributed by atoms with E-state index in [0.717, 1.165) is 27.8 Å². The summed E-state index contributed by atoms with van der Waals surface area (Å²) in [5.41, 5.74) is 11.6. The smallest absolute Gasteiger partial charge is 0.449 e. The van der Waals surface area contributed by atoms with Crippen LogP contribution in [0.4, 0.5) is 15.3 Å². The van der Waals surface area contributed by atoms with Gasteiger partial charge in [0, 0.05) is 24.7 Å². The number of hydrogen-bond acceptors (Lipinski definition) is 13. The van der Waals surface area contributed by atoms with Crippen molar-refractivity contribution in [2.24, 2.45) is 0 Å². The van der Waals surface area contributed by atoms with Crippen LogP contribution < -0.4 is 34.5 Å². The summed E-state index contributed by atoms with van der Waals surface area (Å²) in [5.74, 6) is -1.14. The van der Waals surface area contributed by atoms with Gasteiger partial charge in [-0.2, -0.15) is 0 Å². The zero-order valence-electron chi connectivity index (χ0n) is 44.3. The fourth-order valence-corrected chi connectivity index (χ4v) is 14.3. The molecule has 17 nitrogen and oxygen atoms in total. The first kappa shape index (κ1) is 56.2. The number of nitrogens with one attached hydrogen (secondary N) is 2. The second-order valence-corrected chi connectivity index (χ2v) is 23.5. The van der Waals surface area contributed by atoms with Crippen LogP contribution in [0, 0.1) is 0 Å². The van der Waals surface area contributed by atoms with E-state index in [1.165, 1.54) is 9.80 Å². The van der Waals surface area contributed by atoms with Gasteiger partial charge in [0.05, 0.1) is 0 Å². The maximum Gasteiger partial charge on any atom is 0.453 e. The number of nitrogens with zero attached hydrogens (tertiary/aromatic N) is 2. The number of fused-ring (bicyclic) bond motifs is 3. The van der Waals surface area contributed by atoms with E-state index < -0.39 is 56.9 Å². The molecular weight excluding hydrogens is 1060 g/mol. The zero-order chi connectivity index (χ0) is 56.1. The fraction of sp³-hybridized carbons (Fsp3) is 0.246. The van der Waals surface area contributed by atoms with E-state index in [4.69, 9.17) is 33.3 Å². The van der Waals surface area contributed by atoms with Gasteiger partial charge in [-0.05, 0) is 128 Å². The number of anilines is 1. The van der Waals surface area contributed by atoms with E-state index in [-0.39, 0.29) is 25.0 Å². The molecule has 5 atom stereocenters. The van der Waals surface area contributed by atoms with Crippen LogP contribution in [0.15, 0.2) is 194 Å². The van der Waals surface area contributed by atoms with Crippen LogP contribution in [-0.4, -0.2) is 77.1 Å². The first-order chi connectivity index (χ1) is 38.8. The molecule has 10 rings (SSSR count). The molecule has 19 heteroatoms. The van der Waals surface area contributed by atoms with Crippen LogP contribution in [0.25, 0.3) is 11.1 Å². The molecule has 2 fully saturated rings. The molecule has 7 aromatic rings. The van der Waals surface area contributed by atoms with Crippen molar-refractivity contribution in [3.63, 3.8) is 0 Å². The number of para-hydroxylation sites is 3. The maximum atomic E-state index is 14.5. The molecule has 4 amide bonds. The highest BCUT2D eigenvalue weighted by Gasteiger charge is 2.50. The number of likely N-dealkylation sites (tertiary alicyclic amines) is 2. The Morgan fingerprint density at radius 3 is 1.29 bits per heavy atom. The largest absolute Gasteiger partial charge is 0.453 e. The number of alkyl carbamates (subject to hydrolysis) is 2. The lowest BCUT2D eigenvalue weighted by Gasteiger charge is -2.32.